The predicted molar refractivity (Wildman–Crippen MR) is 52.0 cm³/mol. The van der Waals surface area contributed by atoms with Gasteiger partial charge in [-0.3, -0.25) is 9.59 Å². The minimum Gasteiger partial charge on any atom is -0.267 e. The molecule has 13 heavy (non-hydrogen) atoms. The standard InChI is InChI=1S/2C4H3NO.CH4/c2*6-4-2-1-3-5-4;/h2*1-3H;1H4. The van der Waals surface area contributed by atoms with E-state index in [2.05, 4.69) is 9.98 Å². The van der Waals surface area contributed by atoms with Crippen LogP contribution in [0.1, 0.15) is 7.43 Å². The molecule has 0 saturated heterocycles. The van der Waals surface area contributed by atoms with Crippen LogP contribution in [0.15, 0.2) is 34.3 Å². The highest BCUT2D eigenvalue weighted by Gasteiger charge is 1.90. The van der Waals surface area contributed by atoms with E-state index in [0.29, 0.717) is 0 Å². The zero-order valence-electron chi connectivity index (χ0n) is 6.18. The van der Waals surface area contributed by atoms with Gasteiger partial charge in [0.2, 0.25) is 0 Å². The molecule has 0 radical (unpaired) electrons. The number of carbonyl (C=O) groups excluding carboxylic acids is 2. The number of allylic oxidation sites excluding steroid dienone is 2. The Bertz CT molecular complexity index is 252. The topological polar surface area (TPSA) is 58.9 Å². The Morgan fingerprint density at radius 2 is 1.23 bits per heavy atom. The van der Waals surface area contributed by atoms with Gasteiger partial charge in [-0.1, -0.05) is 7.43 Å². The molecule has 4 heteroatoms. The van der Waals surface area contributed by atoms with E-state index in [1.165, 1.54) is 24.6 Å². The molecule has 0 aliphatic carbocycles. The lowest BCUT2D eigenvalue weighted by atomic mass is 10.6. The molecule has 2 rings (SSSR count). The summed E-state index contributed by atoms with van der Waals surface area (Å²) in [4.78, 5) is 26.6. The van der Waals surface area contributed by atoms with Crippen LogP contribution in [0, 0.1) is 0 Å². The second-order valence-electron chi connectivity index (χ2n) is 1.95. The maximum Gasteiger partial charge on any atom is 0.269 e. The molecule has 0 atom stereocenters. The SMILES string of the molecule is C.O=C1C=CC=N1.O=C1C=CC=N1. The summed E-state index contributed by atoms with van der Waals surface area (Å²) in [7, 11) is 0. The highest BCUT2D eigenvalue weighted by molar-refractivity contribution is 6.03. The Balaban J connectivity index is 0.000000206. The van der Waals surface area contributed by atoms with E-state index in [0.717, 1.165) is 0 Å². The van der Waals surface area contributed by atoms with E-state index in [-0.39, 0.29) is 19.2 Å². The van der Waals surface area contributed by atoms with Gasteiger partial charge in [-0.15, -0.1) is 0 Å². The average Bonchev–Trinajstić information content (AvgIpc) is 2.63. The maximum absolute atomic E-state index is 9.96. The Morgan fingerprint density at radius 3 is 1.31 bits per heavy atom. The summed E-state index contributed by atoms with van der Waals surface area (Å²) in [6.07, 6.45) is 9.01. The highest BCUT2D eigenvalue weighted by atomic mass is 16.1. The van der Waals surface area contributed by atoms with Gasteiger partial charge in [0.25, 0.3) is 11.8 Å². The van der Waals surface area contributed by atoms with Gasteiger partial charge in [0, 0.05) is 24.6 Å². The van der Waals surface area contributed by atoms with Crippen molar-refractivity contribution in [2.75, 3.05) is 0 Å². The molecule has 0 spiro atoms. The first-order chi connectivity index (χ1) is 5.79. The molecule has 0 bridgehead atoms. The summed E-state index contributed by atoms with van der Waals surface area (Å²) < 4.78 is 0. The minimum absolute atomic E-state index is 0. The van der Waals surface area contributed by atoms with Gasteiger partial charge in [0.05, 0.1) is 0 Å². The number of aliphatic imine (C=N–C) groups is 2. The maximum atomic E-state index is 9.96. The molecule has 4 nitrogen and oxygen atoms in total. The molecular formula is C9H10N2O2. The highest BCUT2D eigenvalue weighted by Crippen LogP contribution is 1.83. The fourth-order valence-corrected chi connectivity index (χ4v) is 0.570. The minimum atomic E-state index is -0.157. The monoisotopic (exact) mass is 178 g/mol. The Hall–Kier alpha value is -1.84. The Labute approximate surface area is 76.4 Å². The summed E-state index contributed by atoms with van der Waals surface area (Å²) in [5, 5.41) is 0. The molecule has 0 aromatic rings. The molecule has 2 amide bonds. The molecule has 0 fully saturated rings. The van der Waals surface area contributed by atoms with Crippen molar-refractivity contribution in [3.8, 4) is 0 Å². The lowest BCUT2D eigenvalue weighted by molar-refractivity contribution is -0.114. The van der Waals surface area contributed by atoms with Gasteiger partial charge < -0.3 is 0 Å². The van der Waals surface area contributed by atoms with Crippen LogP contribution >= 0.6 is 0 Å². The third kappa shape index (κ3) is 4.58. The van der Waals surface area contributed by atoms with Crippen LogP contribution in [0.2, 0.25) is 0 Å². The fourth-order valence-electron chi connectivity index (χ4n) is 0.570. The quantitative estimate of drug-likeness (QED) is 0.554. The summed E-state index contributed by atoms with van der Waals surface area (Å²) in [6.45, 7) is 0. The molecule has 0 aromatic heterocycles. The molecule has 0 saturated carbocycles. The third-order valence-corrected chi connectivity index (χ3v) is 1.05. The zero-order valence-corrected chi connectivity index (χ0v) is 6.18. The smallest absolute Gasteiger partial charge is 0.267 e. The van der Waals surface area contributed by atoms with E-state index in [1.807, 2.05) is 0 Å². The first-order valence-corrected chi connectivity index (χ1v) is 3.28. The van der Waals surface area contributed by atoms with Crippen LogP contribution in [0.5, 0.6) is 0 Å². The van der Waals surface area contributed by atoms with Crippen molar-refractivity contribution in [2.24, 2.45) is 9.98 Å². The molecule has 0 aromatic carbocycles. The molecule has 2 aliphatic heterocycles. The number of amides is 2. The van der Waals surface area contributed by atoms with Crippen molar-refractivity contribution < 1.29 is 9.59 Å². The van der Waals surface area contributed by atoms with Crippen molar-refractivity contribution in [3.63, 3.8) is 0 Å². The zero-order chi connectivity index (χ0) is 8.81. The van der Waals surface area contributed by atoms with Gasteiger partial charge in [0.1, 0.15) is 0 Å². The summed E-state index contributed by atoms with van der Waals surface area (Å²) in [5.41, 5.74) is 0. The number of rotatable bonds is 0. The van der Waals surface area contributed by atoms with Gasteiger partial charge in [0.15, 0.2) is 0 Å². The molecular weight excluding hydrogens is 168 g/mol. The van der Waals surface area contributed by atoms with E-state index < -0.39 is 0 Å². The predicted octanol–water partition coefficient (Wildman–Crippen LogP) is 0.943. The van der Waals surface area contributed by atoms with Crippen LogP contribution in [-0.4, -0.2) is 24.2 Å². The van der Waals surface area contributed by atoms with Crippen molar-refractivity contribution in [1.82, 2.24) is 0 Å². The van der Waals surface area contributed by atoms with Gasteiger partial charge in [-0.25, -0.2) is 9.98 Å². The van der Waals surface area contributed by atoms with Crippen molar-refractivity contribution >= 4 is 24.2 Å². The largest absolute Gasteiger partial charge is 0.269 e. The van der Waals surface area contributed by atoms with Gasteiger partial charge >= 0.3 is 0 Å². The van der Waals surface area contributed by atoms with Crippen LogP contribution in [-0.2, 0) is 9.59 Å². The lowest BCUT2D eigenvalue weighted by Crippen LogP contribution is -1.75. The van der Waals surface area contributed by atoms with E-state index in [4.69, 9.17) is 0 Å². The Kier molecular flexibility index (Phi) is 4.95. The number of hydrogen-bond donors (Lipinski definition) is 0. The second-order valence-corrected chi connectivity index (χ2v) is 1.95. The lowest BCUT2D eigenvalue weighted by Gasteiger charge is -1.62. The molecule has 2 aliphatic rings. The van der Waals surface area contributed by atoms with Crippen LogP contribution in [0.3, 0.4) is 0 Å². The third-order valence-electron chi connectivity index (χ3n) is 1.05. The molecule has 2 heterocycles. The van der Waals surface area contributed by atoms with Gasteiger partial charge in [-0.2, -0.15) is 0 Å². The van der Waals surface area contributed by atoms with Crippen molar-refractivity contribution in [3.05, 3.63) is 24.3 Å². The normalized spacial score (nSPS) is 15.7. The van der Waals surface area contributed by atoms with Crippen LogP contribution in [0.4, 0.5) is 0 Å². The Morgan fingerprint density at radius 1 is 0.846 bits per heavy atom. The van der Waals surface area contributed by atoms with E-state index >= 15 is 0 Å². The summed E-state index contributed by atoms with van der Waals surface area (Å²) in [6, 6.07) is 0. The van der Waals surface area contributed by atoms with Crippen molar-refractivity contribution in [1.29, 1.82) is 0 Å². The van der Waals surface area contributed by atoms with Gasteiger partial charge in [-0.05, 0) is 12.2 Å². The second kappa shape index (κ2) is 5.77. The molecule has 0 unspecified atom stereocenters. The van der Waals surface area contributed by atoms with E-state index in [9.17, 15) is 9.59 Å². The van der Waals surface area contributed by atoms with Crippen LogP contribution in [0.25, 0.3) is 0 Å². The first kappa shape index (κ1) is 11.2. The molecule has 68 valence electrons. The molecule has 0 N–H and O–H groups in total. The number of nitrogens with zero attached hydrogens (tertiary/aromatic N) is 2. The summed E-state index contributed by atoms with van der Waals surface area (Å²) in [5.74, 6) is -0.315. The van der Waals surface area contributed by atoms with Crippen LogP contribution < -0.4 is 0 Å². The fraction of sp³-hybridized carbons (Fsp3) is 0.111. The van der Waals surface area contributed by atoms with E-state index in [1.54, 1.807) is 12.2 Å². The number of hydrogen-bond acceptors (Lipinski definition) is 2. The summed E-state index contributed by atoms with van der Waals surface area (Å²) >= 11 is 0. The van der Waals surface area contributed by atoms with Crippen molar-refractivity contribution in [2.45, 2.75) is 7.43 Å². The average molecular weight is 178 g/mol. The number of carbonyl (C=O) groups is 2. The first-order valence-electron chi connectivity index (χ1n) is 3.28.